The summed E-state index contributed by atoms with van der Waals surface area (Å²) in [4.78, 5) is 15.6. The molecule has 1 heterocycles. The van der Waals surface area contributed by atoms with Gasteiger partial charge in [-0.25, -0.2) is 0 Å². The molecule has 21 heavy (non-hydrogen) atoms. The van der Waals surface area contributed by atoms with Gasteiger partial charge in [0.1, 0.15) is 11.3 Å². The molecule has 0 aliphatic heterocycles. The zero-order valence-electron chi connectivity index (χ0n) is 12.5. The number of carbonyl (C=O) groups is 1. The number of hydrogen-bond acceptors (Lipinski definition) is 4. The van der Waals surface area contributed by atoms with Gasteiger partial charge in [-0.1, -0.05) is 6.07 Å². The monoisotopic (exact) mass is 288 g/mol. The van der Waals surface area contributed by atoms with Crippen molar-refractivity contribution in [2.24, 2.45) is 0 Å². The molecule has 5 nitrogen and oxygen atoms in total. The highest BCUT2D eigenvalue weighted by Gasteiger charge is 2.33. The van der Waals surface area contributed by atoms with E-state index in [1.165, 1.54) is 0 Å². The number of carboxylic acid groups (broad SMARTS) is 1. The second kappa shape index (κ2) is 6.10. The number of ether oxygens (including phenoxy) is 1. The van der Waals surface area contributed by atoms with Gasteiger partial charge in [-0.05, 0) is 45.2 Å². The second-order valence-corrected chi connectivity index (χ2v) is 5.35. The number of aromatic nitrogens is 1. The zero-order valence-corrected chi connectivity index (χ0v) is 12.5. The highest BCUT2D eigenvalue weighted by atomic mass is 16.5. The SMILES string of the molecule is CNC(C)(CC(C)Oc1cccc2ncccc12)C(=O)O. The lowest BCUT2D eigenvalue weighted by Gasteiger charge is -2.28. The van der Waals surface area contributed by atoms with Crippen molar-refractivity contribution in [2.75, 3.05) is 7.05 Å². The normalized spacial score (nSPS) is 15.4. The number of benzene rings is 1. The first-order valence-electron chi connectivity index (χ1n) is 6.89. The summed E-state index contributed by atoms with van der Waals surface area (Å²) >= 11 is 0. The summed E-state index contributed by atoms with van der Waals surface area (Å²) in [5.41, 5.74) is -0.153. The van der Waals surface area contributed by atoms with Crippen molar-refractivity contribution in [3.63, 3.8) is 0 Å². The maximum Gasteiger partial charge on any atom is 0.323 e. The first-order chi connectivity index (χ1) is 9.96. The minimum Gasteiger partial charge on any atom is -0.490 e. The van der Waals surface area contributed by atoms with Crippen molar-refractivity contribution >= 4 is 16.9 Å². The standard InChI is InChI=1S/C16H20N2O3/c1-11(10-16(2,17-3)15(19)20)21-14-8-4-7-13-12(14)6-5-9-18-13/h4-9,11,17H,10H2,1-3H3,(H,19,20). The van der Waals surface area contributed by atoms with E-state index < -0.39 is 11.5 Å². The fraction of sp³-hybridized carbons (Fsp3) is 0.375. The number of pyridine rings is 1. The molecule has 0 radical (unpaired) electrons. The van der Waals surface area contributed by atoms with E-state index >= 15 is 0 Å². The highest BCUT2D eigenvalue weighted by molar-refractivity contribution is 5.84. The Bertz CT molecular complexity index is 639. The summed E-state index contributed by atoms with van der Waals surface area (Å²) in [6.45, 7) is 3.52. The highest BCUT2D eigenvalue weighted by Crippen LogP contribution is 2.26. The molecule has 2 aromatic rings. The van der Waals surface area contributed by atoms with Crippen LogP contribution in [0.4, 0.5) is 0 Å². The molecular weight excluding hydrogens is 268 g/mol. The number of fused-ring (bicyclic) bond motifs is 1. The Labute approximate surface area is 124 Å². The van der Waals surface area contributed by atoms with Crippen LogP contribution in [-0.2, 0) is 4.79 Å². The molecule has 0 saturated carbocycles. The van der Waals surface area contributed by atoms with Gasteiger partial charge >= 0.3 is 5.97 Å². The largest absolute Gasteiger partial charge is 0.490 e. The molecule has 2 unspecified atom stereocenters. The molecule has 0 spiro atoms. The first kappa shape index (κ1) is 15.3. The first-order valence-corrected chi connectivity index (χ1v) is 6.89. The molecule has 2 rings (SSSR count). The van der Waals surface area contributed by atoms with Gasteiger partial charge in [0.2, 0.25) is 0 Å². The Morgan fingerprint density at radius 3 is 2.86 bits per heavy atom. The number of rotatable bonds is 6. The van der Waals surface area contributed by atoms with Crippen molar-refractivity contribution in [3.8, 4) is 5.75 Å². The molecule has 2 atom stereocenters. The minimum atomic E-state index is -1.01. The average Bonchev–Trinajstić information content (AvgIpc) is 2.47. The molecule has 1 aromatic carbocycles. The smallest absolute Gasteiger partial charge is 0.323 e. The van der Waals surface area contributed by atoms with E-state index in [9.17, 15) is 9.90 Å². The molecule has 0 aliphatic carbocycles. The van der Waals surface area contributed by atoms with Crippen LogP contribution in [0.25, 0.3) is 10.9 Å². The van der Waals surface area contributed by atoms with Crippen LogP contribution in [-0.4, -0.2) is 34.8 Å². The molecular formula is C16H20N2O3. The Morgan fingerprint density at radius 1 is 1.43 bits per heavy atom. The van der Waals surface area contributed by atoms with E-state index in [-0.39, 0.29) is 6.10 Å². The summed E-state index contributed by atoms with van der Waals surface area (Å²) in [6, 6.07) is 9.47. The molecule has 0 saturated heterocycles. The van der Waals surface area contributed by atoms with Crippen LogP contribution < -0.4 is 10.1 Å². The lowest BCUT2D eigenvalue weighted by molar-refractivity contribution is -0.145. The third kappa shape index (κ3) is 3.31. The van der Waals surface area contributed by atoms with Crippen LogP contribution >= 0.6 is 0 Å². The molecule has 1 aromatic heterocycles. The van der Waals surface area contributed by atoms with Gasteiger partial charge in [-0.15, -0.1) is 0 Å². The van der Waals surface area contributed by atoms with E-state index in [1.54, 1.807) is 20.2 Å². The van der Waals surface area contributed by atoms with Crippen molar-refractivity contribution in [2.45, 2.75) is 31.9 Å². The van der Waals surface area contributed by atoms with E-state index in [1.807, 2.05) is 37.3 Å². The summed E-state index contributed by atoms with van der Waals surface area (Å²) in [5, 5.41) is 13.1. The lowest BCUT2D eigenvalue weighted by Crippen LogP contribution is -2.50. The summed E-state index contributed by atoms with van der Waals surface area (Å²) in [6.07, 6.45) is 1.84. The predicted molar refractivity (Wildman–Crippen MR) is 81.6 cm³/mol. The number of nitrogens with zero attached hydrogens (tertiary/aromatic N) is 1. The summed E-state index contributed by atoms with van der Waals surface area (Å²) < 4.78 is 5.93. The van der Waals surface area contributed by atoms with Gasteiger partial charge in [-0.2, -0.15) is 0 Å². The molecule has 0 amide bonds. The number of carboxylic acids is 1. The van der Waals surface area contributed by atoms with Gasteiger partial charge in [0.05, 0.1) is 11.6 Å². The molecule has 0 aliphatic rings. The van der Waals surface area contributed by atoms with Gasteiger partial charge in [0.25, 0.3) is 0 Å². The van der Waals surface area contributed by atoms with Crippen LogP contribution in [0, 0.1) is 0 Å². The topological polar surface area (TPSA) is 71.5 Å². The number of hydrogen-bond donors (Lipinski definition) is 2. The second-order valence-electron chi connectivity index (χ2n) is 5.35. The Kier molecular flexibility index (Phi) is 4.43. The maximum absolute atomic E-state index is 11.3. The molecule has 5 heteroatoms. The molecule has 112 valence electrons. The zero-order chi connectivity index (χ0) is 15.5. The molecule has 2 N–H and O–H groups in total. The van der Waals surface area contributed by atoms with Gasteiger partial charge in [-0.3, -0.25) is 9.78 Å². The van der Waals surface area contributed by atoms with Crippen LogP contribution in [0.1, 0.15) is 20.3 Å². The van der Waals surface area contributed by atoms with E-state index in [2.05, 4.69) is 10.3 Å². The third-order valence-corrected chi connectivity index (χ3v) is 3.65. The number of nitrogens with one attached hydrogen (secondary N) is 1. The van der Waals surface area contributed by atoms with Crippen molar-refractivity contribution < 1.29 is 14.6 Å². The van der Waals surface area contributed by atoms with Gasteiger partial charge < -0.3 is 15.2 Å². The van der Waals surface area contributed by atoms with E-state index in [0.717, 1.165) is 16.7 Å². The average molecular weight is 288 g/mol. The third-order valence-electron chi connectivity index (χ3n) is 3.65. The number of likely N-dealkylation sites (N-methyl/N-ethyl adjacent to an activating group) is 1. The number of aliphatic carboxylic acids is 1. The lowest BCUT2D eigenvalue weighted by atomic mass is 9.95. The van der Waals surface area contributed by atoms with Crippen LogP contribution in [0.15, 0.2) is 36.5 Å². The Morgan fingerprint density at radius 2 is 2.19 bits per heavy atom. The molecule has 0 bridgehead atoms. The van der Waals surface area contributed by atoms with Gasteiger partial charge in [0, 0.05) is 18.0 Å². The van der Waals surface area contributed by atoms with Crippen LogP contribution in [0.3, 0.4) is 0 Å². The minimum absolute atomic E-state index is 0.246. The van der Waals surface area contributed by atoms with Crippen molar-refractivity contribution in [1.82, 2.24) is 10.3 Å². The van der Waals surface area contributed by atoms with Crippen LogP contribution in [0.5, 0.6) is 5.75 Å². The maximum atomic E-state index is 11.3. The van der Waals surface area contributed by atoms with Crippen molar-refractivity contribution in [3.05, 3.63) is 36.5 Å². The summed E-state index contributed by atoms with van der Waals surface area (Å²) in [7, 11) is 1.64. The fourth-order valence-electron chi connectivity index (χ4n) is 2.31. The van der Waals surface area contributed by atoms with Gasteiger partial charge in [0.15, 0.2) is 0 Å². The Balaban J connectivity index is 2.19. The molecule has 0 fully saturated rings. The van der Waals surface area contributed by atoms with Crippen molar-refractivity contribution in [1.29, 1.82) is 0 Å². The quantitative estimate of drug-likeness (QED) is 0.854. The summed E-state index contributed by atoms with van der Waals surface area (Å²) in [5.74, 6) is -0.169. The van der Waals surface area contributed by atoms with E-state index in [4.69, 9.17) is 4.74 Å². The van der Waals surface area contributed by atoms with Crippen LogP contribution in [0.2, 0.25) is 0 Å². The predicted octanol–water partition coefficient (Wildman–Crippen LogP) is 2.45. The fourth-order valence-corrected chi connectivity index (χ4v) is 2.31. The van der Waals surface area contributed by atoms with E-state index in [0.29, 0.717) is 6.42 Å². The Hall–Kier alpha value is -2.14.